The van der Waals surface area contributed by atoms with E-state index in [9.17, 15) is 18.7 Å². The van der Waals surface area contributed by atoms with Gasteiger partial charge in [0.05, 0.1) is 18.4 Å². The number of rotatable bonds is 7. The molecule has 3 aromatic rings. The van der Waals surface area contributed by atoms with Gasteiger partial charge in [-0.15, -0.1) is 0 Å². The first-order chi connectivity index (χ1) is 13.7. The normalized spacial score (nSPS) is 11.8. The molecule has 0 aromatic carbocycles. The van der Waals surface area contributed by atoms with Gasteiger partial charge >= 0.3 is 0 Å². The summed E-state index contributed by atoms with van der Waals surface area (Å²) in [4.78, 5) is 20.7. The van der Waals surface area contributed by atoms with Gasteiger partial charge in [0.15, 0.2) is 0 Å². The van der Waals surface area contributed by atoms with Gasteiger partial charge in [-0.25, -0.2) is 18.7 Å². The number of aliphatic hydroxyl groups is 1. The Kier molecular flexibility index (Phi) is 5.78. The first kappa shape index (κ1) is 20.7. The Bertz CT molecular complexity index is 1030. The van der Waals surface area contributed by atoms with Crippen molar-refractivity contribution in [3.05, 3.63) is 53.7 Å². The summed E-state index contributed by atoms with van der Waals surface area (Å²) >= 11 is 0. The van der Waals surface area contributed by atoms with Gasteiger partial charge in [-0.05, 0) is 38.8 Å². The Hall–Kier alpha value is -3.07. The highest BCUT2D eigenvalue weighted by Crippen LogP contribution is 2.27. The van der Waals surface area contributed by atoms with E-state index < -0.39 is 23.6 Å². The van der Waals surface area contributed by atoms with Gasteiger partial charge in [0.2, 0.25) is 0 Å². The lowest BCUT2D eigenvalue weighted by atomic mass is 10.0. The molecule has 0 aliphatic rings. The van der Waals surface area contributed by atoms with E-state index in [1.54, 1.807) is 36.7 Å². The maximum Gasteiger partial charge on any atom is 0.280 e. The number of carbonyl (C=O) groups is 1. The van der Waals surface area contributed by atoms with Crippen LogP contribution in [-0.2, 0) is 6.42 Å². The number of fused-ring (bicyclic) bond motifs is 1. The molecule has 0 aliphatic carbocycles. The molecule has 0 aliphatic heterocycles. The summed E-state index contributed by atoms with van der Waals surface area (Å²) in [6.07, 6.45) is 1.79. The summed E-state index contributed by atoms with van der Waals surface area (Å²) < 4.78 is 32.7. The molecule has 0 atom stereocenters. The van der Waals surface area contributed by atoms with E-state index in [1.165, 1.54) is 19.2 Å². The third kappa shape index (κ3) is 5.05. The first-order valence-electron chi connectivity index (χ1n) is 9.01. The third-order valence-corrected chi connectivity index (χ3v) is 4.29. The highest BCUT2D eigenvalue weighted by molar-refractivity contribution is 6.03. The topological polar surface area (TPSA) is 88.8 Å². The van der Waals surface area contributed by atoms with Crippen LogP contribution in [0.2, 0.25) is 0 Å². The van der Waals surface area contributed by atoms with Crippen LogP contribution in [0.5, 0.6) is 5.75 Å². The lowest BCUT2D eigenvalue weighted by Crippen LogP contribution is -2.19. The van der Waals surface area contributed by atoms with E-state index in [2.05, 4.69) is 15.3 Å². The number of alkyl halides is 2. The number of pyridine rings is 2. The van der Waals surface area contributed by atoms with Crippen molar-refractivity contribution in [2.45, 2.75) is 38.7 Å². The second kappa shape index (κ2) is 8.12. The van der Waals surface area contributed by atoms with Gasteiger partial charge in [-0.3, -0.25) is 4.79 Å². The van der Waals surface area contributed by atoms with Crippen LogP contribution in [0.15, 0.2) is 36.7 Å². The predicted octanol–water partition coefficient (Wildman–Crippen LogP) is 3.63. The minimum Gasteiger partial charge on any atom is -0.494 e. The standard InChI is InChI=1S/C20H22F2N4O3/c1-20(2,28)8-7-12-10-26-11-15(16(29-3)9-17(26)23-12)25-19(27)14-6-4-5-13(24-14)18(21)22/h4-6,9-11,18,28H,7-8H2,1-3H3,(H,25,27). The van der Waals surface area contributed by atoms with Gasteiger partial charge in [-0.2, -0.15) is 0 Å². The number of hydrogen-bond acceptors (Lipinski definition) is 5. The van der Waals surface area contributed by atoms with Crippen molar-refractivity contribution in [3.8, 4) is 5.75 Å². The number of ether oxygens (including phenoxy) is 1. The van der Waals surface area contributed by atoms with E-state index >= 15 is 0 Å². The molecule has 0 saturated heterocycles. The van der Waals surface area contributed by atoms with Gasteiger partial charge < -0.3 is 19.6 Å². The molecule has 0 saturated carbocycles. The van der Waals surface area contributed by atoms with Gasteiger partial charge in [0, 0.05) is 18.5 Å². The summed E-state index contributed by atoms with van der Waals surface area (Å²) in [5.74, 6) is -0.261. The quantitative estimate of drug-likeness (QED) is 0.628. The van der Waals surface area contributed by atoms with Crippen molar-refractivity contribution in [1.29, 1.82) is 0 Å². The number of hydrogen-bond donors (Lipinski definition) is 2. The number of methoxy groups -OCH3 is 1. The Balaban J connectivity index is 1.86. The van der Waals surface area contributed by atoms with E-state index in [0.717, 1.165) is 11.8 Å². The number of amides is 1. The number of aromatic nitrogens is 3. The van der Waals surface area contributed by atoms with Crippen LogP contribution in [0.1, 0.15) is 48.6 Å². The van der Waals surface area contributed by atoms with Crippen LogP contribution in [0, 0.1) is 0 Å². The van der Waals surface area contributed by atoms with Crippen LogP contribution >= 0.6 is 0 Å². The Morgan fingerprint density at radius 2 is 2.07 bits per heavy atom. The fourth-order valence-electron chi connectivity index (χ4n) is 2.77. The second-order valence-corrected chi connectivity index (χ2v) is 7.27. The fourth-order valence-corrected chi connectivity index (χ4v) is 2.77. The molecular formula is C20H22F2N4O3. The van der Waals surface area contributed by atoms with Crippen LogP contribution in [-0.4, -0.2) is 38.1 Å². The molecule has 0 spiro atoms. The zero-order valence-corrected chi connectivity index (χ0v) is 16.3. The lowest BCUT2D eigenvalue weighted by Gasteiger charge is -2.15. The summed E-state index contributed by atoms with van der Waals surface area (Å²) in [5.41, 5.74) is 0.354. The number of nitrogens with one attached hydrogen (secondary N) is 1. The third-order valence-electron chi connectivity index (χ3n) is 4.29. The molecule has 0 fully saturated rings. The zero-order chi connectivity index (χ0) is 21.2. The van der Waals surface area contributed by atoms with Crippen molar-refractivity contribution in [3.63, 3.8) is 0 Å². The zero-order valence-electron chi connectivity index (χ0n) is 16.3. The van der Waals surface area contributed by atoms with E-state index in [4.69, 9.17) is 4.74 Å². The number of aryl methyl sites for hydroxylation is 1. The highest BCUT2D eigenvalue weighted by atomic mass is 19.3. The van der Waals surface area contributed by atoms with Crippen molar-refractivity contribution in [2.24, 2.45) is 0 Å². The average Bonchev–Trinajstić information content (AvgIpc) is 3.07. The molecule has 0 unspecified atom stereocenters. The molecule has 3 heterocycles. The van der Waals surface area contributed by atoms with E-state index in [-0.39, 0.29) is 5.69 Å². The van der Waals surface area contributed by atoms with Crippen LogP contribution in [0.3, 0.4) is 0 Å². The number of nitrogens with zero attached hydrogens (tertiary/aromatic N) is 3. The van der Waals surface area contributed by atoms with Crippen molar-refractivity contribution in [2.75, 3.05) is 12.4 Å². The molecule has 9 heteroatoms. The maximum atomic E-state index is 12.8. The number of imidazole rings is 1. The minimum atomic E-state index is -2.76. The predicted molar refractivity (Wildman–Crippen MR) is 104 cm³/mol. The van der Waals surface area contributed by atoms with E-state index in [0.29, 0.717) is 29.9 Å². The molecule has 3 aromatic heterocycles. The summed E-state index contributed by atoms with van der Waals surface area (Å²) in [5, 5.41) is 12.5. The molecule has 0 bridgehead atoms. The summed E-state index contributed by atoms with van der Waals surface area (Å²) in [7, 11) is 1.45. The Morgan fingerprint density at radius 3 is 2.72 bits per heavy atom. The molecule has 0 radical (unpaired) electrons. The van der Waals surface area contributed by atoms with Gasteiger partial charge in [0.1, 0.15) is 28.5 Å². The van der Waals surface area contributed by atoms with Crippen LogP contribution in [0.4, 0.5) is 14.5 Å². The fraction of sp³-hybridized carbons (Fsp3) is 0.350. The second-order valence-electron chi connectivity index (χ2n) is 7.27. The largest absolute Gasteiger partial charge is 0.494 e. The van der Waals surface area contributed by atoms with Crippen LogP contribution < -0.4 is 10.1 Å². The summed E-state index contributed by atoms with van der Waals surface area (Å²) in [6.45, 7) is 3.47. The molecule has 2 N–H and O–H groups in total. The monoisotopic (exact) mass is 404 g/mol. The molecule has 154 valence electrons. The molecule has 1 amide bonds. The minimum absolute atomic E-state index is 0.124. The van der Waals surface area contributed by atoms with E-state index in [1.807, 2.05) is 0 Å². The van der Waals surface area contributed by atoms with Crippen molar-refractivity contribution >= 4 is 17.2 Å². The first-order valence-corrected chi connectivity index (χ1v) is 9.01. The SMILES string of the molecule is COc1cc2nc(CCC(C)(C)O)cn2cc1NC(=O)c1cccc(C(F)F)n1. The van der Waals surface area contributed by atoms with Gasteiger partial charge in [-0.1, -0.05) is 6.07 Å². The van der Waals surface area contributed by atoms with Crippen LogP contribution in [0.25, 0.3) is 5.65 Å². The van der Waals surface area contributed by atoms with Crippen molar-refractivity contribution in [1.82, 2.24) is 14.4 Å². The lowest BCUT2D eigenvalue weighted by molar-refractivity contribution is 0.0711. The summed E-state index contributed by atoms with van der Waals surface area (Å²) in [6, 6.07) is 5.54. The number of anilines is 1. The molecule has 7 nitrogen and oxygen atoms in total. The van der Waals surface area contributed by atoms with Gasteiger partial charge in [0.25, 0.3) is 12.3 Å². The molecule has 29 heavy (non-hydrogen) atoms. The molecular weight excluding hydrogens is 382 g/mol. The highest BCUT2D eigenvalue weighted by Gasteiger charge is 2.17. The maximum absolute atomic E-state index is 12.8. The number of halogens is 2. The Morgan fingerprint density at radius 1 is 1.31 bits per heavy atom. The van der Waals surface area contributed by atoms with Crippen molar-refractivity contribution < 1.29 is 23.4 Å². The Labute approximate surface area is 166 Å². The number of carbonyl (C=O) groups excluding carboxylic acids is 1. The smallest absolute Gasteiger partial charge is 0.280 e. The average molecular weight is 404 g/mol. The molecule has 3 rings (SSSR count).